The molecule has 1 aliphatic rings. The van der Waals surface area contributed by atoms with Crippen LogP contribution in [0.15, 0.2) is 5.38 Å². The van der Waals surface area contributed by atoms with Gasteiger partial charge in [0.2, 0.25) is 0 Å². The van der Waals surface area contributed by atoms with Crippen LogP contribution in [0, 0.1) is 0 Å². The van der Waals surface area contributed by atoms with Crippen LogP contribution in [-0.4, -0.2) is 29.5 Å². The van der Waals surface area contributed by atoms with Gasteiger partial charge in [0.05, 0.1) is 11.7 Å². The second kappa shape index (κ2) is 5.25. The Labute approximate surface area is 102 Å². The first kappa shape index (κ1) is 12.0. The molecule has 1 aliphatic heterocycles. The van der Waals surface area contributed by atoms with Gasteiger partial charge in [0.1, 0.15) is 5.01 Å². The summed E-state index contributed by atoms with van der Waals surface area (Å²) in [5.41, 5.74) is 1.18. The van der Waals surface area contributed by atoms with Crippen molar-refractivity contribution in [3.05, 3.63) is 16.1 Å². The van der Waals surface area contributed by atoms with Crippen molar-refractivity contribution in [2.24, 2.45) is 0 Å². The standard InChI is InChI=1S/C12H21N3S/c1-9(2)15-6-4-5-11(15)12-14-10(7-13-3)8-16-12/h8-9,11,13H,4-7H2,1-3H3. The average molecular weight is 239 g/mol. The molecule has 2 rings (SSSR count). The highest BCUT2D eigenvalue weighted by Crippen LogP contribution is 2.34. The number of nitrogens with zero attached hydrogens (tertiary/aromatic N) is 2. The number of hydrogen-bond acceptors (Lipinski definition) is 4. The first-order valence-corrected chi connectivity index (χ1v) is 6.95. The van der Waals surface area contributed by atoms with Crippen LogP contribution in [0.1, 0.15) is 43.4 Å². The molecule has 16 heavy (non-hydrogen) atoms. The minimum atomic E-state index is 0.565. The molecule has 0 spiro atoms. The van der Waals surface area contributed by atoms with Crippen molar-refractivity contribution in [2.75, 3.05) is 13.6 Å². The summed E-state index contributed by atoms with van der Waals surface area (Å²) in [7, 11) is 1.97. The summed E-state index contributed by atoms with van der Waals surface area (Å²) in [6.45, 7) is 6.66. The van der Waals surface area contributed by atoms with Crippen molar-refractivity contribution in [3.8, 4) is 0 Å². The summed E-state index contributed by atoms with van der Waals surface area (Å²) in [5.74, 6) is 0. The summed E-state index contributed by atoms with van der Waals surface area (Å²) in [4.78, 5) is 7.30. The van der Waals surface area contributed by atoms with Crippen LogP contribution in [-0.2, 0) is 6.54 Å². The fraction of sp³-hybridized carbons (Fsp3) is 0.750. The maximum atomic E-state index is 4.73. The lowest BCUT2D eigenvalue weighted by molar-refractivity contribution is 0.205. The largest absolute Gasteiger partial charge is 0.314 e. The number of likely N-dealkylation sites (tertiary alicyclic amines) is 1. The maximum absolute atomic E-state index is 4.73. The zero-order chi connectivity index (χ0) is 11.5. The first-order valence-electron chi connectivity index (χ1n) is 6.07. The predicted octanol–water partition coefficient (Wildman–Crippen LogP) is 2.41. The van der Waals surface area contributed by atoms with Gasteiger partial charge < -0.3 is 5.32 Å². The van der Waals surface area contributed by atoms with E-state index in [1.54, 1.807) is 0 Å². The fourth-order valence-corrected chi connectivity index (χ4v) is 3.38. The van der Waals surface area contributed by atoms with E-state index in [0.29, 0.717) is 12.1 Å². The zero-order valence-electron chi connectivity index (χ0n) is 10.4. The quantitative estimate of drug-likeness (QED) is 0.874. The second-order valence-corrected chi connectivity index (χ2v) is 5.59. The Bertz CT molecular complexity index is 335. The summed E-state index contributed by atoms with van der Waals surface area (Å²) in [5, 5.41) is 6.64. The van der Waals surface area contributed by atoms with E-state index >= 15 is 0 Å². The number of hydrogen-bond donors (Lipinski definition) is 1. The highest BCUT2D eigenvalue weighted by molar-refractivity contribution is 7.09. The molecule has 4 heteroatoms. The first-order chi connectivity index (χ1) is 7.72. The Morgan fingerprint density at radius 3 is 3.12 bits per heavy atom. The topological polar surface area (TPSA) is 28.2 Å². The lowest BCUT2D eigenvalue weighted by Gasteiger charge is -2.26. The van der Waals surface area contributed by atoms with E-state index in [0.717, 1.165) is 6.54 Å². The third-order valence-corrected chi connectivity index (χ3v) is 4.16. The lowest BCUT2D eigenvalue weighted by atomic mass is 10.2. The molecule has 0 amide bonds. The molecule has 1 aromatic heterocycles. The monoisotopic (exact) mass is 239 g/mol. The summed E-state index contributed by atoms with van der Waals surface area (Å²) >= 11 is 1.82. The molecule has 1 unspecified atom stereocenters. The minimum absolute atomic E-state index is 0.565. The molecule has 0 radical (unpaired) electrons. The molecule has 2 heterocycles. The van der Waals surface area contributed by atoms with Crippen molar-refractivity contribution in [1.82, 2.24) is 15.2 Å². The van der Waals surface area contributed by atoms with E-state index in [1.807, 2.05) is 18.4 Å². The van der Waals surface area contributed by atoms with E-state index in [9.17, 15) is 0 Å². The SMILES string of the molecule is CNCc1csc(C2CCCN2C(C)C)n1. The van der Waals surface area contributed by atoms with Crippen molar-refractivity contribution >= 4 is 11.3 Å². The smallest absolute Gasteiger partial charge is 0.110 e. The number of thiazole rings is 1. The van der Waals surface area contributed by atoms with E-state index in [1.165, 1.54) is 30.1 Å². The molecule has 0 aromatic carbocycles. The van der Waals surface area contributed by atoms with Gasteiger partial charge in [-0.2, -0.15) is 0 Å². The number of rotatable bonds is 4. The van der Waals surface area contributed by atoms with Gasteiger partial charge in [-0.25, -0.2) is 4.98 Å². The summed E-state index contributed by atoms with van der Waals surface area (Å²) < 4.78 is 0. The van der Waals surface area contributed by atoms with E-state index in [-0.39, 0.29) is 0 Å². The van der Waals surface area contributed by atoms with Gasteiger partial charge in [0.15, 0.2) is 0 Å². The van der Waals surface area contributed by atoms with Crippen LogP contribution in [0.3, 0.4) is 0 Å². The van der Waals surface area contributed by atoms with E-state index in [2.05, 4.69) is 29.4 Å². The number of aromatic nitrogens is 1. The van der Waals surface area contributed by atoms with Gasteiger partial charge >= 0.3 is 0 Å². The van der Waals surface area contributed by atoms with Gasteiger partial charge in [-0.05, 0) is 40.3 Å². The second-order valence-electron chi connectivity index (χ2n) is 4.70. The van der Waals surface area contributed by atoms with Crippen LogP contribution in [0.5, 0.6) is 0 Å². The van der Waals surface area contributed by atoms with Gasteiger partial charge in [0, 0.05) is 18.0 Å². The molecule has 90 valence electrons. The Morgan fingerprint density at radius 1 is 1.62 bits per heavy atom. The van der Waals surface area contributed by atoms with Gasteiger partial charge in [-0.1, -0.05) is 0 Å². The molecular formula is C12H21N3S. The van der Waals surface area contributed by atoms with E-state index < -0.39 is 0 Å². The molecule has 3 nitrogen and oxygen atoms in total. The normalized spacial score (nSPS) is 22.1. The third-order valence-electron chi connectivity index (χ3n) is 3.17. The number of nitrogens with one attached hydrogen (secondary N) is 1. The maximum Gasteiger partial charge on any atom is 0.110 e. The molecule has 0 bridgehead atoms. The molecule has 1 saturated heterocycles. The van der Waals surface area contributed by atoms with Crippen molar-refractivity contribution in [2.45, 2.75) is 45.3 Å². The highest BCUT2D eigenvalue weighted by atomic mass is 32.1. The molecular weight excluding hydrogens is 218 g/mol. The van der Waals surface area contributed by atoms with Gasteiger partial charge in [0.25, 0.3) is 0 Å². The molecule has 0 aliphatic carbocycles. The Morgan fingerprint density at radius 2 is 2.44 bits per heavy atom. The predicted molar refractivity (Wildman–Crippen MR) is 68.7 cm³/mol. The molecule has 1 aromatic rings. The van der Waals surface area contributed by atoms with Crippen LogP contribution in [0.25, 0.3) is 0 Å². The van der Waals surface area contributed by atoms with Crippen LogP contribution in [0.4, 0.5) is 0 Å². The van der Waals surface area contributed by atoms with Crippen LogP contribution in [0.2, 0.25) is 0 Å². The highest BCUT2D eigenvalue weighted by Gasteiger charge is 2.29. The Hall–Kier alpha value is -0.450. The fourth-order valence-electron chi connectivity index (χ4n) is 2.41. The zero-order valence-corrected chi connectivity index (χ0v) is 11.2. The van der Waals surface area contributed by atoms with Gasteiger partial charge in [-0.15, -0.1) is 11.3 Å². The van der Waals surface area contributed by atoms with Gasteiger partial charge in [-0.3, -0.25) is 4.90 Å². The minimum Gasteiger partial charge on any atom is -0.314 e. The summed E-state index contributed by atoms with van der Waals surface area (Å²) in [6, 6.07) is 1.19. The lowest BCUT2D eigenvalue weighted by Crippen LogP contribution is -2.30. The van der Waals surface area contributed by atoms with Crippen molar-refractivity contribution in [1.29, 1.82) is 0 Å². The molecule has 0 saturated carbocycles. The Kier molecular flexibility index (Phi) is 3.95. The van der Waals surface area contributed by atoms with Crippen molar-refractivity contribution < 1.29 is 0 Å². The molecule has 1 atom stereocenters. The van der Waals surface area contributed by atoms with Crippen molar-refractivity contribution in [3.63, 3.8) is 0 Å². The molecule has 1 N–H and O–H groups in total. The van der Waals surface area contributed by atoms with E-state index in [4.69, 9.17) is 4.98 Å². The third kappa shape index (κ3) is 2.44. The summed E-state index contributed by atoms with van der Waals surface area (Å²) in [6.07, 6.45) is 2.58. The average Bonchev–Trinajstić information content (AvgIpc) is 2.83. The van der Waals surface area contributed by atoms with Crippen LogP contribution < -0.4 is 5.32 Å². The molecule has 1 fully saturated rings. The van der Waals surface area contributed by atoms with Crippen LogP contribution >= 0.6 is 11.3 Å². The Balaban J connectivity index is 2.10.